The van der Waals surface area contributed by atoms with Gasteiger partial charge in [0.1, 0.15) is 11.4 Å². The Kier molecular flexibility index (Phi) is 5.78. The van der Waals surface area contributed by atoms with Crippen LogP contribution in [0, 0.1) is 29.9 Å². The molecular weight excluding hydrogens is 350 g/mol. The van der Waals surface area contributed by atoms with Crippen molar-refractivity contribution >= 4 is 21.6 Å². The van der Waals surface area contributed by atoms with Crippen molar-refractivity contribution < 1.29 is 18.1 Å². The maximum atomic E-state index is 12.2. The molecule has 1 aliphatic heterocycles. The molecular formula is C14H23N5O5S. The number of rotatable bonds is 6. The van der Waals surface area contributed by atoms with Gasteiger partial charge in [-0.2, -0.15) is 5.10 Å². The van der Waals surface area contributed by atoms with Crippen molar-refractivity contribution in [3.8, 4) is 0 Å². The van der Waals surface area contributed by atoms with Crippen LogP contribution >= 0.6 is 0 Å². The Morgan fingerprint density at radius 3 is 2.44 bits per heavy atom. The molecule has 0 aliphatic carbocycles. The smallest absolute Gasteiger partial charge is 0.312 e. The van der Waals surface area contributed by atoms with Gasteiger partial charge < -0.3 is 5.32 Å². The lowest BCUT2D eigenvalue weighted by atomic mass is 9.97. The predicted molar refractivity (Wildman–Crippen MR) is 90.5 cm³/mol. The van der Waals surface area contributed by atoms with E-state index in [1.807, 2.05) is 0 Å². The maximum absolute atomic E-state index is 12.2. The van der Waals surface area contributed by atoms with Gasteiger partial charge in [0.2, 0.25) is 15.9 Å². The van der Waals surface area contributed by atoms with E-state index in [4.69, 9.17) is 0 Å². The van der Waals surface area contributed by atoms with E-state index in [-0.39, 0.29) is 17.5 Å². The summed E-state index contributed by atoms with van der Waals surface area (Å²) in [4.78, 5) is 22.7. The van der Waals surface area contributed by atoms with Gasteiger partial charge in [0.25, 0.3) is 0 Å². The van der Waals surface area contributed by atoms with E-state index in [1.54, 1.807) is 13.8 Å². The second kappa shape index (κ2) is 7.48. The second-order valence-electron chi connectivity index (χ2n) is 6.23. The van der Waals surface area contributed by atoms with Crippen LogP contribution in [-0.4, -0.2) is 59.2 Å². The van der Waals surface area contributed by atoms with Crippen molar-refractivity contribution in [3.63, 3.8) is 0 Å². The van der Waals surface area contributed by atoms with Gasteiger partial charge in [-0.15, -0.1) is 0 Å². The summed E-state index contributed by atoms with van der Waals surface area (Å²) in [6.45, 7) is 4.55. The minimum absolute atomic E-state index is 0.000488. The Labute approximate surface area is 146 Å². The van der Waals surface area contributed by atoms with Gasteiger partial charge in [0.05, 0.1) is 17.7 Å². The number of nitrogens with zero attached hydrogens (tertiary/aromatic N) is 4. The van der Waals surface area contributed by atoms with Crippen molar-refractivity contribution in [2.24, 2.45) is 5.92 Å². The summed E-state index contributed by atoms with van der Waals surface area (Å²) in [7, 11) is -3.21. The monoisotopic (exact) mass is 373 g/mol. The van der Waals surface area contributed by atoms with E-state index in [0.717, 1.165) is 0 Å². The third-order valence-corrected chi connectivity index (χ3v) is 5.75. The van der Waals surface area contributed by atoms with E-state index in [9.17, 15) is 23.3 Å². The molecule has 1 fully saturated rings. The number of sulfonamides is 1. The van der Waals surface area contributed by atoms with Crippen molar-refractivity contribution in [1.29, 1.82) is 0 Å². The Balaban J connectivity index is 1.84. The lowest BCUT2D eigenvalue weighted by Crippen LogP contribution is -2.43. The Morgan fingerprint density at radius 1 is 1.36 bits per heavy atom. The molecule has 1 amide bonds. The molecule has 0 unspecified atom stereocenters. The lowest BCUT2D eigenvalue weighted by molar-refractivity contribution is -0.386. The summed E-state index contributed by atoms with van der Waals surface area (Å²) in [5.74, 6) is -0.336. The van der Waals surface area contributed by atoms with E-state index in [0.29, 0.717) is 50.4 Å². The highest BCUT2D eigenvalue weighted by Crippen LogP contribution is 2.22. The first-order chi connectivity index (χ1) is 11.6. The number of carbonyl (C=O) groups excluding carboxylic acids is 1. The summed E-state index contributed by atoms with van der Waals surface area (Å²) in [6, 6.07) is 0. The van der Waals surface area contributed by atoms with Gasteiger partial charge in [-0.1, -0.05) is 0 Å². The molecule has 0 radical (unpaired) electrons. The van der Waals surface area contributed by atoms with Crippen LogP contribution in [0.5, 0.6) is 0 Å². The average Bonchev–Trinajstić information content (AvgIpc) is 2.80. The largest absolute Gasteiger partial charge is 0.354 e. The molecule has 10 nitrogen and oxygen atoms in total. The third-order valence-electron chi connectivity index (χ3n) is 4.44. The zero-order chi connectivity index (χ0) is 18.8. The van der Waals surface area contributed by atoms with Gasteiger partial charge in [-0.3, -0.25) is 19.6 Å². The van der Waals surface area contributed by atoms with E-state index in [1.165, 1.54) is 15.2 Å². The highest BCUT2D eigenvalue weighted by molar-refractivity contribution is 7.88. The topological polar surface area (TPSA) is 127 Å². The van der Waals surface area contributed by atoms with Crippen LogP contribution in [-0.2, 0) is 21.4 Å². The highest BCUT2D eigenvalue weighted by atomic mass is 32.2. The number of amides is 1. The normalized spacial score (nSPS) is 16.8. The third kappa shape index (κ3) is 4.54. The molecule has 1 aliphatic rings. The van der Waals surface area contributed by atoms with Gasteiger partial charge in [0.15, 0.2) is 0 Å². The zero-order valence-corrected chi connectivity index (χ0v) is 15.4. The molecule has 2 rings (SSSR count). The molecule has 1 saturated heterocycles. The first-order valence-corrected chi connectivity index (χ1v) is 9.87. The van der Waals surface area contributed by atoms with Crippen LogP contribution in [0.25, 0.3) is 0 Å². The first kappa shape index (κ1) is 19.3. The predicted octanol–water partition coefficient (Wildman–Crippen LogP) is 0.196. The fraction of sp³-hybridized carbons (Fsp3) is 0.714. The van der Waals surface area contributed by atoms with Gasteiger partial charge in [-0.25, -0.2) is 12.7 Å². The summed E-state index contributed by atoms with van der Waals surface area (Å²) in [5.41, 5.74) is 0.805. The van der Waals surface area contributed by atoms with E-state index < -0.39 is 14.9 Å². The Hall–Kier alpha value is -2.01. The fourth-order valence-corrected chi connectivity index (χ4v) is 3.92. The van der Waals surface area contributed by atoms with Crippen molar-refractivity contribution in [2.75, 3.05) is 25.9 Å². The number of hydrogen-bond donors (Lipinski definition) is 1. The summed E-state index contributed by atoms with van der Waals surface area (Å²) < 4.78 is 25.8. The maximum Gasteiger partial charge on any atom is 0.312 e. The molecule has 140 valence electrons. The highest BCUT2D eigenvalue weighted by Gasteiger charge is 2.29. The van der Waals surface area contributed by atoms with Crippen molar-refractivity contribution in [1.82, 2.24) is 19.4 Å². The lowest BCUT2D eigenvalue weighted by Gasteiger charge is -2.29. The average molecular weight is 373 g/mol. The summed E-state index contributed by atoms with van der Waals surface area (Å²) in [5, 5.41) is 17.9. The van der Waals surface area contributed by atoms with Crippen LogP contribution in [0.2, 0.25) is 0 Å². The molecule has 11 heteroatoms. The quantitative estimate of drug-likeness (QED) is 0.560. The van der Waals surface area contributed by atoms with E-state index >= 15 is 0 Å². The number of nitrogens with one attached hydrogen (secondary N) is 1. The van der Waals surface area contributed by atoms with Gasteiger partial charge in [-0.05, 0) is 26.7 Å². The van der Waals surface area contributed by atoms with Crippen LogP contribution in [0.15, 0.2) is 0 Å². The SMILES string of the molecule is Cc1nn(CCNC(=O)C2CCN(S(C)(=O)=O)CC2)c(C)c1[N+](=O)[O-]. The minimum Gasteiger partial charge on any atom is -0.354 e. The number of carbonyl (C=O) groups is 1. The molecule has 1 aromatic heterocycles. The number of aryl methyl sites for hydroxylation is 1. The Bertz CT molecular complexity index is 765. The molecule has 0 atom stereocenters. The molecule has 0 bridgehead atoms. The number of piperidine rings is 1. The molecule has 0 saturated carbocycles. The minimum atomic E-state index is -3.21. The summed E-state index contributed by atoms with van der Waals surface area (Å²) in [6.07, 6.45) is 2.15. The van der Waals surface area contributed by atoms with Crippen molar-refractivity contribution in [3.05, 3.63) is 21.5 Å². The number of nitro groups is 1. The molecule has 2 heterocycles. The van der Waals surface area contributed by atoms with Crippen LogP contribution in [0.3, 0.4) is 0 Å². The van der Waals surface area contributed by atoms with Gasteiger partial charge in [0, 0.05) is 25.6 Å². The Morgan fingerprint density at radius 2 is 1.96 bits per heavy atom. The molecule has 1 aromatic rings. The molecule has 25 heavy (non-hydrogen) atoms. The molecule has 1 N–H and O–H groups in total. The standard InChI is InChI=1S/C14H23N5O5S/c1-10-13(19(21)22)11(2)18(16-10)9-6-15-14(20)12-4-7-17(8-5-12)25(3,23)24/h12H,4-9H2,1-3H3,(H,15,20). The number of hydrogen-bond acceptors (Lipinski definition) is 6. The first-order valence-electron chi connectivity index (χ1n) is 8.02. The zero-order valence-electron chi connectivity index (χ0n) is 14.6. The fourth-order valence-electron chi connectivity index (χ4n) is 3.05. The van der Waals surface area contributed by atoms with Crippen LogP contribution in [0.4, 0.5) is 5.69 Å². The molecule has 0 aromatic carbocycles. The number of aromatic nitrogens is 2. The molecule has 0 spiro atoms. The second-order valence-corrected chi connectivity index (χ2v) is 8.21. The van der Waals surface area contributed by atoms with Crippen LogP contribution < -0.4 is 5.32 Å². The van der Waals surface area contributed by atoms with Crippen molar-refractivity contribution in [2.45, 2.75) is 33.2 Å². The van der Waals surface area contributed by atoms with E-state index in [2.05, 4.69) is 10.4 Å². The van der Waals surface area contributed by atoms with Gasteiger partial charge >= 0.3 is 5.69 Å². The van der Waals surface area contributed by atoms with Crippen LogP contribution in [0.1, 0.15) is 24.2 Å². The summed E-state index contributed by atoms with van der Waals surface area (Å²) >= 11 is 0.